The van der Waals surface area contributed by atoms with E-state index in [0.29, 0.717) is 50.8 Å². The van der Waals surface area contributed by atoms with Crippen LogP contribution in [0.1, 0.15) is 54.1 Å². The summed E-state index contributed by atoms with van der Waals surface area (Å²) < 4.78 is 41.0. The summed E-state index contributed by atoms with van der Waals surface area (Å²) in [5.74, 6) is -1.59. The van der Waals surface area contributed by atoms with E-state index < -0.39 is 42.1 Å². The van der Waals surface area contributed by atoms with Gasteiger partial charge in [-0.25, -0.2) is 8.78 Å². The third-order valence-electron chi connectivity index (χ3n) is 8.04. The summed E-state index contributed by atoms with van der Waals surface area (Å²) in [5.41, 5.74) is 3.72. The van der Waals surface area contributed by atoms with Crippen molar-refractivity contribution in [3.8, 4) is 33.9 Å². The molecule has 12 heteroatoms. The van der Waals surface area contributed by atoms with Crippen LogP contribution in [0.5, 0.6) is 11.5 Å². The molecule has 1 saturated carbocycles. The van der Waals surface area contributed by atoms with E-state index in [0.717, 1.165) is 12.8 Å². The van der Waals surface area contributed by atoms with Crippen LogP contribution in [-0.4, -0.2) is 95.9 Å². The van der Waals surface area contributed by atoms with E-state index in [4.69, 9.17) is 14.6 Å². The predicted octanol–water partition coefficient (Wildman–Crippen LogP) is 5.31. The SMILES string of the molecule is COc1ccc(NC(=O)c2c(-c3ccc(F)cc3)c(-c3ccc(F)cc3)n(CCC(O)CC(O)CC(=O)O)c2C2CC2)c(OC)c1.[CaH2]. The van der Waals surface area contributed by atoms with Gasteiger partial charge in [0.15, 0.2) is 0 Å². The van der Waals surface area contributed by atoms with Gasteiger partial charge >= 0.3 is 43.7 Å². The normalized spacial score (nSPS) is 13.7. The number of amides is 1. The number of carbonyl (C=O) groups is 2. The van der Waals surface area contributed by atoms with Crippen LogP contribution in [0.15, 0.2) is 66.7 Å². The fourth-order valence-electron chi connectivity index (χ4n) is 5.77. The van der Waals surface area contributed by atoms with Crippen molar-refractivity contribution in [3.05, 3.63) is 89.6 Å². The van der Waals surface area contributed by atoms with Gasteiger partial charge in [0.1, 0.15) is 23.1 Å². The number of rotatable bonds is 14. The number of carboxylic acids is 1. The maximum absolute atomic E-state index is 14.4. The molecule has 0 bridgehead atoms. The molecule has 4 N–H and O–H groups in total. The molecule has 1 aliphatic rings. The molecular formula is C35H38CaF2N2O7. The molecule has 1 aromatic heterocycles. The Kier molecular flexibility index (Phi) is 12.4. The molecular weight excluding hydrogens is 638 g/mol. The molecule has 4 aromatic rings. The summed E-state index contributed by atoms with van der Waals surface area (Å²) in [6.45, 7) is 0.201. The van der Waals surface area contributed by atoms with Crippen LogP contribution >= 0.6 is 0 Å². The van der Waals surface area contributed by atoms with Crippen molar-refractivity contribution < 1.29 is 43.2 Å². The van der Waals surface area contributed by atoms with Gasteiger partial charge in [-0.3, -0.25) is 9.59 Å². The summed E-state index contributed by atoms with van der Waals surface area (Å²) >= 11 is 0. The molecule has 0 radical (unpaired) electrons. The predicted molar refractivity (Wildman–Crippen MR) is 177 cm³/mol. The minimum atomic E-state index is -1.23. The van der Waals surface area contributed by atoms with Gasteiger partial charge in [-0.05, 0) is 85.3 Å². The Bertz CT molecular complexity index is 1710. The minimum absolute atomic E-state index is 0. The Morgan fingerprint density at radius 3 is 2.09 bits per heavy atom. The van der Waals surface area contributed by atoms with Crippen LogP contribution < -0.4 is 14.8 Å². The molecule has 246 valence electrons. The molecule has 0 aliphatic heterocycles. The van der Waals surface area contributed by atoms with E-state index in [1.54, 1.807) is 42.5 Å². The van der Waals surface area contributed by atoms with Gasteiger partial charge in [-0.15, -0.1) is 0 Å². The Balaban J connectivity index is 0.00000500. The number of carbonyl (C=O) groups excluding carboxylic acids is 1. The molecule has 5 rings (SSSR count). The molecule has 47 heavy (non-hydrogen) atoms. The number of nitrogens with zero attached hydrogens (tertiary/aromatic N) is 1. The van der Waals surface area contributed by atoms with Gasteiger partial charge in [-0.2, -0.15) is 0 Å². The van der Waals surface area contributed by atoms with E-state index in [1.807, 2.05) is 4.57 Å². The maximum atomic E-state index is 14.4. The number of hydrogen-bond acceptors (Lipinski definition) is 6. The Hall–Kier alpha value is -3.48. The first-order valence-electron chi connectivity index (χ1n) is 15.0. The van der Waals surface area contributed by atoms with Gasteiger partial charge in [0.05, 0.1) is 49.8 Å². The summed E-state index contributed by atoms with van der Waals surface area (Å²) in [4.78, 5) is 25.4. The average Bonchev–Trinajstić information content (AvgIpc) is 3.81. The number of nitrogens with one attached hydrogen (secondary N) is 1. The standard InChI is InChI=1S/C35H36F2N2O7.Ca.2H/c1-45-27-13-14-28(29(19-27)46-2)38-35(44)32-31(20-5-9-23(36)10-6-20)33(22-7-11-24(37)12-8-22)39(34(32)21-3-4-21)16-15-25(40)17-26(41)18-30(42)43;;;/h5-14,19,21,25-26,40-41H,3-4,15-18H2,1-2H3,(H,38,44)(H,42,43);;;. The topological polar surface area (TPSA) is 130 Å². The number of ether oxygens (including phenoxy) is 2. The van der Waals surface area contributed by atoms with Crippen LogP contribution in [0.4, 0.5) is 14.5 Å². The third kappa shape index (κ3) is 8.71. The zero-order chi connectivity index (χ0) is 33.0. The summed E-state index contributed by atoms with van der Waals surface area (Å²) in [6.07, 6.45) is -1.16. The van der Waals surface area contributed by atoms with Gasteiger partial charge < -0.3 is 34.7 Å². The van der Waals surface area contributed by atoms with E-state index in [-0.39, 0.29) is 63.0 Å². The van der Waals surface area contributed by atoms with Crippen molar-refractivity contribution in [2.75, 3.05) is 19.5 Å². The molecule has 0 saturated heterocycles. The number of aromatic nitrogens is 1. The van der Waals surface area contributed by atoms with Crippen LogP contribution in [0, 0.1) is 11.6 Å². The number of anilines is 1. The molecule has 0 spiro atoms. The average molecular weight is 677 g/mol. The van der Waals surface area contributed by atoms with Crippen molar-refractivity contribution in [2.24, 2.45) is 0 Å². The first-order valence-corrected chi connectivity index (χ1v) is 15.0. The second kappa shape index (κ2) is 16.1. The third-order valence-corrected chi connectivity index (χ3v) is 8.04. The fourth-order valence-corrected chi connectivity index (χ4v) is 5.77. The van der Waals surface area contributed by atoms with Crippen molar-refractivity contribution in [3.63, 3.8) is 0 Å². The number of halogens is 2. The first kappa shape index (κ1) is 36.4. The zero-order valence-electron chi connectivity index (χ0n) is 25.5. The number of methoxy groups -OCH3 is 2. The fraction of sp³-hybridized carbons (Fsp3) is 0.314. The van der Waals surface area contributed by atoms with E-state index in [9.17, 15) is 28.6 Å². The van der Waals surface area contributed by atoms with Crippen LogP contribution in [0.25, 0.3) is 22.4 Å². The number of hydrogen-bond donors (Lipinski definition) is 4. The number of aliphatic hydroxyl groups is 2. The molecule has 1 aliphatic carbocycles. The zero-order valence-corrected chi connectivity index (χ0v) is 25.5. The molecule has 1 fully saturated rings. The van der Waals surface area contributed by atoms with Crippen molar-refractivity contribution in [1.82, 2.24) is 4.57 Å². The van der Waals surface area contributed by atoms with Gasteiger partial charge in [0, 0.05) is 29.8 Å². The molecule has 1 heterocycles. The molecule has 3 aromatic carbocycles. The Labute approximate surface area is 301 Å². The van der Waals surface area contributed by atoms with Gasteiger partial charge in [0.25, 0.3) is 5.91 Å². The summed E-state index contributed by atoms with van der Waals surface area (Å²) in [6, 6.07) is 16.6. The number of benzene rings is 3. The van der Waals surface area contributed by atoms with Crippen molar-refractivity contribution in [1.29, 1.82) is 0 Å². The van der Waals surface area contributed by atoms with Gasteiger partial charge in [-0.1, -0.05) is 12.1 Å². The Morgan fingerprint density at radius 2 is 1.53 bits per heavy atom. The van der Waals surface area contributed by atoms with Crippen LogP contribution in [0.2, 0.25) is 0 Å². The van der Waals surface area contributed by atoms with Crippen LogP contribution in [0.3, 0.4) is 0 Å². The Morgan fingerprint density at radius 1 is 0.915 bits per heavy atom. The summed E-state index contributed by atoms with van der Waals surface area (Å²) in [5, 5.41) is 32.9. The van der Waals surface area contributed by atoms with Gasteiger partial charge in [0.2, 0.25) is 0 Å². The number of aliphatic carboxylic acids is 1. The second-order valence-electron chi connectivity index (χ2n) is 11.4. The van der Waals surface area contributed by atoms with Crippen molar-refractivity contribution in [2.45, 2.75) is 56.8 Å². The molecule has 1 amide bonds. The van der Waals surface area contributed by atoms with Crippen LogP contribution in [-0.2, 0) is 11.3 Å². The van der Waals surface area contributed by atoms with E-state index >= 15 is 0 Å². The number of aliphatic hydroxyl groups excluding tert-OH is 2. The van der Waals surface area contributed by atoms with E-state index in [2.05, 4.69) is 5.32 Å². The quantitative estimate of drug-likeness (QED) is 0.133. The molecule has 9 nitrogen and oxygen atoms in total. The molecule has 2 atom stereocenters. The number of carboxylic acid groups (broad SMARTS) is 1. The van der Waals surface area contributed by atoms with E-state index in [1.165, 1.54) is 38.5 Å². The second-order valence-corrected chi connectivity index (χ2v) is 11.4. The first-order chi connectivity index (χ1) is 22.1. The van der Waals surface area contributed by atoms with Crippen molar-refractivity contribution >= 4 is 55.3 Å². The molecule has 2 unspecified atom stereocenters. The monoisotopic (exact) mass is 676 g/mol. The summed E-state index contributed by atoms with van der Waals surface area (Å²) in [7, 11) is 3.00.